The van der Waals surface area contributed by atoms with E-state index in [-0.39, 0.29) is 23.2 Å². The van der Waals surface area contributed by atoms with Crippen molar-refractivity contribution in [2.45, 2.75) is 31.4 Å². The molecule has 4 rings (SSSR count). The predicted molar refractivity (Wildman–Crippen MR) is 123 cm³/mol. The van der Waals surface area contributed by atoms with Crippen LogP contribution >= 0.6 is 11.8 Å². The zero-order chi connectivity index (χ0) is 22.7. The van der Waals surface area contributed by atoms with Gasteiger partial charge in [-0.05, 0) is 55.0 Å². The fourth-order valence-corrected chi connectivity index (χ4v) is 5.30. The molecule has 0 aliphatic carbocycles. The molecule has 2 fully saturated rings. The molecule has 2 saturated heterocycles. The van der Waals surface area contributed by atoms with Gasteiger partial charge in [-0.25, -0.2) is 4.39 Å². The number of amides is 2. The van der Waals surface area contributed by atoms with Gasteiger partial charge in [-0.1, -0.05) is 49.0 Å². The van der Waals surface area contributed by atoms with Crippen LogP contribution in [0.2, 0.25) is 0 Å². The van der Waals surface area contributed by atoms with E-state index in [1.165, 1.54) is 28.8 Å². The zero-order valence-corrected chi connectivity index (χ0v) is 18.6. The highest BCUT2D eigenvalue weighted by Gasteiger charge is 2.41. The molecule has 0 bridgehead atoms. The zero-order valence-electron chi connectivity index (χ0n) is 17.8. The van der Waals surface area contributed by atoms with Gasteiger partial charge in [0.05, 0.1) is 5.25 Å². The maximum atomic E-state index is 13.4. The number of nitrogens with zero attached hydrogens (tertiary/aromatic N) is 3. The van der Waals surface area contributed by atoms with Crippen molar-refractivity contribution in [3.63, 3.8) is 0 Å². The summed E-state index contributed by atoms with van der Waals surface area (Å²) in [6.07, 6.45) is 2.19. The number of hydrogen-bond donors (Lipinski definition) is 0. The molecule has 0 spiro atoms. The third-order valence-electron chi connectivity index (χ3n) is 5.91. The van der Waals surface area contributed by atoms with Gasteiger partial charge in [-0.3, -0.25) is 14.5 Å². The molecule has 0 N–H and O–H groups in total. The molecule has 2 aromatic carbocycles. The number of anilines is 1. The number of hydrogen-bond acceptors (Lipinski definition) is 4. The molecule has 2 aromatic rings. The van der Waals surface area contributed by atoms with Crippen LogP contribution in [0.1, 0.15) is 25.3 Å². The normalized spacial score (nSPS) is 20.9. The maximum Gasteiger partial charge on any atom is 0.267 e. The number of benzene rings is 2. The van der Waals surface area contributed by atoms with Crippen molar-refractivity contribution in [1.29, 1.82) is 5.26 Å². The van der Waals surface area contributed by atoms with E-state index in [1.807, 2.05) is 18.2 Å². The molecule has 2 aliphatic heterocycles. The van der Waals surface area contributed by atoms with Crippen molar-refractivity contribution in [2.75, 3.05) is 18.0 Å². The van der Waals surface area contributed by atoms with E-state index in [9.17, 15) is 19.2 Å². The highest BCUT2D eigenvalue weighted by molar-refractivity contribution is 8.05. The van der Waals surface area contributed by atoms with Gasteiger partial charge in [0.15, 0.2) is 0 Å². The highest BCUT2D eigenvalue weighted by Crippen LogP contribution is 2.42. The second kappa shape index (κ2) is 9.58. The van der Waals surface area contributed by atoms with Crippen molar-refractivity contribution in [3.8, 4) is 6.07 Å². The van der Waals surface area contributed by atoms with Crippen LogP contribution in [0.4, 0.5) is 10.1 Å². The molecule has 7 heteroatoms. The molecule has 2 aliphatic rings. The monoisotopic (exact) mass is 449 g/mol. The van der Waals surface area contributed by atoms with Gasteiger partial charge in [0.25, 0.3) is 5.91 Å². The van der Waals surface area contributed by atoms with Crippen molar-refractivity contribution in [1.82, 2.24) is 4.90 Å². The van der Waals surface area contributed by atoms with Crippen LogP contribution in [0.5, 0.6) is 0 Å². The number of likely N-dealkylation sites (tertiary alicyclic amines) is 1. The first kappa shape index (κ1) is 22.1. The average Bonchev–Trinajstić information content (AvgIpc) is 3.12. The summed E-state index contributed by atoms with van der Waals surface area (Å²) in [5, 5.41) is 9.82. The Morgan fingerprint density at radius 2 is 1.78 bits per heavy atom. The van der Waals surface area contributed by atoms with Crippen LogP contribution in [-0.2, 0) is 16.0 Å². The Morgan fingerprint density at radius 3 is 2.41 bits per heavy atom. The lowest BCUT2D eigenvalue weighted by Crippen LogP contribution is -2.39. The molecule has 2 heterocycles. The Bertz CT molecular complexity index is 1070. The van der Waals surface area contributed by atoms with Gasteiger partial charge in [0, 0.05) is 18.8 Å². The molecule has 2 amide bonds. The number of para-hydroxylation sites is 1. The molecular weight excluding hydrogens is 425 g/mol. The lowest BCUT2D eigenvalue weighted by Gasteiger charge is -2.30. The van der Waals surface area contributed by atoms with Crippen LogP contribution in [0, 0.1) is 23.1 Å². The van der Waals surface area contributed by atoms with Gasteiger partial charge in [-0.15, -0.1) is 0 Å². The van der Waals surface area contributed by atoms with Gasteiger partial charge < -0.3 is 4.90 Å². The third kappa shape index (κ3) is 4.56. The lowest BCUT2D eigenvalue weighted by molar-refractivity contribution is -0.128. The minimum absolute atomic E-state index is 0.00311. The largest absolute Gasteiger partial charge is 0.338 e. The minimum Gasteiger partial charge on any atom is -0.338 e. The summed E-state index contributed by atoms with van der Waals surface area (Å²) in [6, 6.07) is 17.2. The second-order valence-corrected chi connectivity index (χ2v) is 9.40. The summed E-state index contributed by atoms with van der Waals surface area (Å²) < 4.78 is 13.3. The smallest absolute Gasteiger partial charge is 0.267 e. The summed E-state index contributed by atoms with van der Waals surface area (Å²) >= 11 is 1.24. The van der Waals surface area contributed by atoms with Crippen LogP contribution < -0.4 is 4.90 Å². The van der Waals surface area contributed by atoms with Crippen LogP contribution in [-0.4, -0.2) is 35.1 Å². The maximum absolute atomic E-state index is 13.4. The molecule has 0 unspecified atom stereocenters. The molecule has 32 heavy (non-hydrogen) atoms. The van der Waals surface area contributed by atoms with Gasteiger partial charge in [0.2, 0.25) is 5.91 Å². The lowest BCUT2D eigenvalue weighted by atomic mass is 9.99. The van der Waals surface area contributed by atoms with Crippen LogP contribution in [0.25, 0.3) is 0 Å². The molecule has 5 nitrogen and oxygen atoms in total. The fraction of sp³-hybridized carbons (Fsp3) is 0.320. The molecule has 0 saturated carbocycles. The number of carbonyl (C=O) groups excluding carboxylic acids is 2. The van der Waals surface area contributed by atoms with Gasteiger partial charge in [0.1, 0.15) is 22.5 Å². The number of halogens is 1. The molecule has 1 atom stereocenters. The molecular formula is C25H24FN3O2S. The predicted octanol–water partition coefficient (Wildman–Crippen LogP) is 4.51. The Kier molecular flexibility index (Phi) is 6.61. The van der Waals surface area contributed by atoms with Crippen molar-refractivity contribution in [2.24, 2.45) is 5.92 Å². The molecule has 0 radical (unpaired) electrons. The van der Waals surface area contributed by atoms with E-state index in [0.29, 0.717) is 36.1 Å². The summed E-state index contributed by atoms with van der Waals surface area (Å²) in [7, 11) is 0. The van der Waals surface area contributed by atoms with Crippen LogP contribution in [0.3, 0.4) is 0 Å². The van der Waals surface area contributed by atoms with Gasteiger partial charge in [-0.2, -0.15) is 5.26 Å². The van der Waals surface area contributed by atoms with E-state index < -0.39 is 5.25 Å². The first-order chi connectivity index (χ1) is 15.5. The highest BCUT2D eigenvalue weighted by atomic mass is 32.2. The van der Waals surface area contributed by atoms with Gasteiger partial charge >= 0.3 is 0 Å². The summed E-state index contributed by atoms with van der Waals surface area (Å²) in [5.74, 6) is -0.286. The van der Waals surface area contributed by atoms with E-state index in [2.05, 4.69) is 13.0 Å². The first-order valence-electron chi connectivity index (χ1n) is 10.7. The quantitative estimate of drug-likeness (QED) is 0.509. The standard InChI is InChI=1S/C25H24FN3O2S/c1-17-11-13-28(14-12-17)23(30)21(16-27)25-29(20-5-3-2-4-6-20)24(31)22(32-25)15-18-7-9-19(26)10-8-18/h2-10,17,22H,11-15H2,1H3/b25-21-/t22-/m0/s1. The summed E-state index contributed by atoms with van der Waals surface area (Å²) in [5.41, 5.74) is 1.44. The Hall–Kier alpha value is -3.11. The van der Waals surface area contributed by atoms with E-state index in [4.69, 9.17) is 0 Å². The molecule has 164 valence electrons. The number of nitriles is 1. The number of thioether (sulfide) groups is 1. The third-order valence-corrected chi connectivity index (χ3v) is 7.17. The number of piperidine rings is 1. The fourth-order valence-electron chi connectivity index (χ4n) is 3.99. The topological polar surface area (TPSA) is 64.4 Å². The average molecular weight is 450 g/mol. The second-order valence-electron chi connectivity index (χ2n) is 8.21. The molecule has 0 aromatic heterocycles. The minimum atomic E-state index is -0.506. The van der Waals surface area contributed by atoms with Crippen molar-refractivity contribution in [3.05, 3.63) is 76.6 Å². The Morgan fingerprint density at radius 1 is 1.12 bits per heavy atom. The Labute approximate surface area is 191 Å². The van der Waals surface area contributed by atoms with Crippen LogP contribution in [0.15, 0.2) is 65.2 Å². The number of carbonyl (C=O) groups is 2. The number of rotatable bonds is 4. The summed E-state index contributed by atoms with van der Waals surface area (Å²) in [4.78, 5) is 29.9. The summed E-state index contributed by atoms with van der Waals surface area (Å²) in [6.45, 7) is 3.39. The van der Waals surface area contributed by atoms with Crippen molar-refractivity contribution < 1.29 is 14.0 Å². The van der Waals surface area contributed by atoms with E-state index >= 15 is 0 Å². The van der Waals surface area contributed by atoms with E-state index in [0.717, 1.165) is 18.4 Å². The SMILES string of the molecule is CC1CCN(C(=O)/C(C#N)=C2\S[C@@H](Cc3ccc(F)cc3)C(=O)N2c2ccccc2)CC1. The van der Waals surface area contributed by atoms with E-state index in [1.54, 1.807) is 29.2 Å². The van der Waals surface area contributed by atoms with Crippen molar-refractivity contribution >= 4 is 29.3 Å². The Balaban J connectivity index is 1.69. The first-order valence-corrected chi connectivity index (χ1v) is 11.6.